The topological polar surface area (TPSA) is 24.9 Å². The van der Waals surface area contributed by atoms with Gasteiger partial charge in [0, 0.05) is 29.2 Å². The van der Waals surface area contributed by atoms with Crippen molar-refractivity contribution >= 4 is 22.5 Å². The maximum atomic E-state index is 5.93. The highest BCUT2D eigenvalue weighted by Crippen LogP contribution is 2.19. The van der Waals surface area contributed by atoms with E-state index in [1.807, 2.05) is 30.5 Å². The van der Waals surface area contributed by atoms with Gasteiger partial charge in [-0.1, -0.05) is 41.9 Å². The molecule has 21 heavy (non-hydrogen) atoms. The fraction of sp³-hybridized carbons (Fsp3) is 0.167. The smallest absolute Gasteiger partial charge is 0.0705 e. The summed E-state index contributed by atoms with van der Waals surface area (Å²) < 4.78 is 0. The fourth-order valence-corrected chi connectivity index (χ4v) is 2.57. The van der Waals surface area contributed by atoms with E-state index in [1.54, 1.807) is 0 Å². The van der Waals surface area contributed by atoms with Gasteiger partial charge in [-0.3, -0.25) is 4.98 Å². The van der Waals surface area contributed by atoms with Gasteiger partial charge >= 0.3 is 0 Å². The van der Waals surface area contributed by atoms with E-state index in [1.165, 1.54) is 16.5 Å². The highest BCUT2D eigenvalue weighted by Gasteiger charge is 2.06. The first-order valence-electron chi connectivity index (χ1n) is 7.05. The Kier molecular flexibility index (Phi) is 4.18. The molecule has 0 fully saturated rings. The molecular formula is C18H17ClN2. The zero-order valence-corrected chi connectivity index (χ0v) is 12.6. The molecule has 0 aliphatic carbocycles. The normalized spacial score (nSPS) is 12.5. The van der Waals surface area contributed by atoms with Gasteiger partial charge in [-0.25, -0.2) is 0 Å². The third kappa shape index (κ3) is 3.23. The van der Waals surface area contributed by atoms with Crippen LogP contribution in [-0.2, 0) is 6.54 Å². The molecule has 1 atom stereocenters. The minimum Gasteiger partial charge on any atom is -0.306 e. The van der Waals surface area contributed by atoms with E-state index in [9.17, 15) is 0 Å². The van der Waals surface area contributed by atoms with Crippen LogP contribution in [0.15, 0.2) is 60.8 Å². The van der Waals surface area contributed by atoms with Gasteiger partial charge in [0.15, 0.2) is 0 Å². The van der Waals surface area contributed by atoms with E-state index >= 15 is 0 Å². The van der Waals surface area contributed by atoms with Gasteiger partial charge in [0.1, 0.15) is 0 Å². The van der Waals surface area contributed by atoms with Crippen molar-refractivity contribution in [2.45, 2.75) is 19.5 Å². The lowest BCUT2D eigenvalue weighted by atomic mass is 10.1. The van der Waals surface area contributed by atoms with Crippen molar-refractivity contribution in [2.75, 3.05) is 0 Å². The number of rotatable bonds is 4. The molecule has 0 saturated heterocycles. The molecule has 1 aromatic heterocycles. The Hall–Kier alpha value is -1.90. The molecular weight excluding hydrogens is 280 g/mol. The van der Waals surface area contributed by atoms with Crippen LogP contribution in [0.2, 0.25) is 5.02 Å². The Morgan fingerprint density at radius 2 is 1.81 bits per heavy atom. The molecule has 0 aliphatic rings. The van der Waals surface area contributed by atoms with Crippen molar-refractivity contribution in [1.29, 1.82) is 0 Å². The molecule has 3 heteroatoms. The Morgan fingerprint density at radius 1 is 1.05 bits per heavy atom. The Balaban J connectivity index is 1.76. The summed E-state index contributed by atoms with van der Waals surface area (Å²) in [5, 5.41) is 5.53. The summed E-state index contributed by atoms with van der Waals surface area (Å²) in [5.74, 6) is 0. The van der Waals surface area contributed by atoms with E-state index < -0.39 is 0 Å². The average Bonchev–Trinajstić information content (AvgIpc) is 2.53. The van der Waals surface area contributed by atoms with Crippen molar-refractivity contribution in [3.8, 4) is 0 Å². The van der Waals surface area contributed by atoms with Crippen molar-refractivity contribution < 1.29 is 0 Å². The van der Waals surface area contributed by atoms with Crippen LogP contribution in [0, 0.1) is 0 Å². The summed E-state index contributed by atoms with van der Waals surface area (Å²) in [6, 6.07) is 18.5. The van der Waals surface area contributed by atoms with Gasteiger partial charge in [0.25, 0.3) is 0 Å². The van der Waals surface area contributed by atoms with E-state index in [0.717, 1.165) is 17.1 Å². The summed E-state index contributed by atoms with van der Waals surface area (Å²) in [6.07, 6.45) is 1.87. The van der Waals surface area contributed by atoms with Gasteiger partial charge in [0.2, 0.25) is 0 Å². The number of fused-ring (bicyclic) bond motifs is 1. The van der Waals surface area contributed by atoms with E-state index in [4.69, 9.17) is 11.6 Å². The number of nitrogens with zero attached hydrogens (tertiary/aromatic N) is 1. The molecule has 3 aromatic rings. The Morgan fingerprint density at radius 3 is 2.62 bits per heavy atom. The van der Waals surface area contributed by atoms with Crippen LogP contribution in [0.5, 0.6) is 0 Å². The zero-order chi connectivity index (χ0) is 14.7. The molecule has 0 unspecified atom stereocenters. The first-order chi connectivity index (χ1) is 10.2. The predicted octanol–water partition coefficient (Wildman–Crippen LogP) is 4.74. The minimum atomic E-state index is 0.272. The predicted molar refractivity (Wildman–Crippen MR) is 88.4 cm³/mol. The van der Waals surface area contributed by atoms with Crippen molar-refractivity contribution in [3.63, 3.8) is 0 Å². The maximum Gasteiger partial charge on any atom is 0.0705 e. The fourth-order valence-electron chi connectivity index (χ4n) is 2.44. The molecule has 0 aliphatic heterocycles. The number of hydrogen-bond donors (Lipinski definition) is 1. The van der Waals surface area contributed by atoms with Gasteiger partial charge in [-0.2, -0.15) is 0 Å². The van der Waals surface area contributed by atoms with Crippen molar-refractivity contribution in [2.24, 2.45) is 0 Å². The first-order valence-corrected chi connectivity index (χ1v) is 7.43. The standard InChI is InChI=1S/C18H17ClN2/c1-13(14-6-8-16(19)9-7-14)21-12-15-10-11-20-18-5-3-2-4-17(15)18/h2-11,13,21H,12H2,1H3/t13-/m1/s1. The second-order valence-corrected chi connectivity index (χ2v) is 5.58. The minimum absolute atomic E-state index is 0.272. The molecule has 0 saturated carbocycles. The molecule has 1 heterocycles. The third-order valence-corrected chi connectivity index (χ3v) is 3.96. The lowest BCUT2D eigenvalue weighted by Crippen LogP contribution is -2.18. The number of benzene rings is 2. The van der Waals surface area contributed by atoms with Crippen molar-refractivity contribution in [3.05, 3.63) is 76.9 Å². The largest absolute Gasteiger partial charge is 0.306 e. The number of hydrogen-bond acceptors (Lipinski definition) is 2. The van der Waals surface area contributed by atoms with Gasteiger partial charge in [-0.05, 0) is 42.3 Å². The number of nitrogens with one attached hydrogen (secondary N) is 1. The second-order valence-electron chi connectivity index (χ2n) is 5.14. The summed E-state index contributed by atoms with van der Waals surface area (Å²) in [7, 11) is 0. The van der Waals surface area contributed by atoms with E-state index in [0.29, 0.717) is 0 Å². The molecule has 0 bridgehead atoms. The average molecular weight is 297 g/mol. The quantitative estimate of drug-likeness (QED) is 0.752. The molecule has 0 spiro atoms. The van der Waals surface area contributed by atoms with Crippen LogP contribution in [0.3, 0.4) is 0 Å². The Labute approximate surface area is 129 Å². The van der Waals surface area contributed by atoms with Crippen LogP contribution in [0.4, 0.5) is 0 Å². The molecule has 3 rings (SSSR count). The molecule has 2 nitrogen and oxygen atoms in total. The number of aromatic nitrogens is 1. The molecule has 0 radical (unpaired) electrons. The van der Waals surface area contributed by atoms with Crippen LogP contribution in [0.25, 0.3) is 10.9 Å². The van der Waals surface area contributed by atoms with Crippen LogP contribution < -0.4 is 5.32 Å². The lowest BCUT2D eigenvalue weighted by molar-refractivity contribution is 0.576. The highest BCUT2D eigenvalue weighted by atomic mass is 35.5. The maximum absolute atomic E-state index is 5.93. The zero-order valence-electron chi connectivity index (χ0n) is 11.9. The van der Waals surface area contributed by atoms with Gasteiger partial charge in [-0.15, -0.1) is 0 Å². The van der Waals surface area contributed by atoms with Crippen molar-refractivity contribution in [1.82, 2.24) is 10.3 Å². The molecule has 106 valence electrons. The summed E-state index contributed by atoms with van der Waals surface area (Å²) in [4.78, 5) is 4.39. The number of pyridine rings is 1. The van der Waals surface area contributed by atoms with Crippen LogP contribution >= 0.6 is 11.6 Å². The Bertz CT molecular complexity index is 732. The molecule has 1 N–H and O–H groups in total. The molecule has 2 aromatic carbocycles. The first kappa shape index (κ1) is 14.1. The summed E-state index contributed by atoms with van der Waals surface area (Å²) in [5.41, 5.74) is 3.54. The molecule has 0 amide bonds. The van der Waals surface area contributed by atoms with Crippen LogP contribution in [-0.4, -0.2) is 4.98 Å². The number of halogens is 1. The lowest BCUT2D eigenvalue weighted by Gasteiger charge is -2.15. The SMILES string of the molecule is C[C@@H](NCc1ccnc2ccccc12)c1ccc(Cl)cc1. The highest BCUT2D eigenvalue weighted by molar-refractivity contribution is 6.30. The summed E-state index contributed by atoms with van der Waals surface area (Å²) >= 11 is 5.93. The van der Waals surface area contributed by atoms with Gasteiger partial charge in [0.05, 0.1) is 5.52 Å². The number of para-hydroxylation sites is 1. The van der Waals surface area contributed by atoms with E-state index in [2.05, 4.69) is 47.6 Å². The van der Waals surface area contributed by atoms with Gasteiger partial charge < -0.3 is 5.32 Å². The van der Waals surface area contributed by atoms with E-state index in [-0.39, 0.29) is 6.04 Å². The summed E-state index contributed by atoms with van der Waals surface area (Å²) in [6.45, 7) is 2.97. The monoisotopic (exact) mass is 296 g/mol. The third-order valence-electron chi connectivity index (χ3n) is 3.71. The second kappa shape index (κ2) is 6.25. The van der Waals surface area contributed by atoms with Crippen LogP contribution in [0.1, 0.15) is 24.1 Å².